The molecular formula is C13H15BrN2O2. The minimum Gasteiger partial charge on any atom is -0.459 e. The lowest BCUT2D eigenvalue weighted by molar-refractivity contribution is -0.155. The number of pyridine rings is 1. The van der Waals surface area contributed by atoms with Crippen molar-refractivity contribution in [1.29, 1.82) is 0 Å². The quantitative estimate of drug-likeness (QED) is 0.632. The van der Waals surface area contributed by atoms with Crippen molar-refractivity contribution in [3.63, 3.8) is 0 Å². The van der Waals surface area contributed by atoms with Crippen LogP contribution in [0.4, 0.5) is 0 Å². The molecule has 2 rings (SSSR count). The van der Waals surface area contributed by atoms with E-state index in [1.807, 2.05) is 43.7 Å². The summed E-state index contributed by atoms with van der Waals surface area (Å²) in [6.45, 7) is 5.79. The zero-order chi connectivity index (χ0) is 13.3. The van der Waals surface area contributed by atoms with Crippen molar-refractivity contribution in [3.8, 4) is 0 Å². The zero-order valence-electron chi connectivity index (χ0n) is 10.6. The Morgan fingerprint density at radius 3 is 2.83 bits per heavy atom. The predicted molar refractivity (Wildman–Crippen MR) is 73.3 cm³/mol. The number of rotatable bonds is 2. The average Bonchev–Trinajstić information content (AvgIpc) is 2.60. The highest BCUT2D eigenvalue weighted by Gasteiger charge is 2.17. The van der Waals surface area contributed by atoms with Crippen molar-refractivity contribution < 1.29 is 9.53 Å². The number of fused-ring (bicyclic) bond motifs is 1. The first kappa shape index (κ1) is 13.1. The topological polar surface area (TPSA) is 44.1 Å². The molecule has 4 nitrogen and oxygen atoms in total. The minimum atomic E-state index is -0.456. The van der Waals surface area contributed by atoms with Crippen LogP contribution in [-0.2, 0) is 16.1 Å². The molecule has 2 aromatic heterocycles. The number of hydrogen-bond donors (Lipinski definition) is 0. The van der Waals surface area contributed by atoms with Gasteiger partial charge in [-0.3, -0.25) is 4.79 Å². The van der Waals surface area contributed by atoms with E-state index < -0.39 is 5.60 Å². The maximum atomic E-state index is 11.8. The van der Waals surface area contributed by atoms with Gasteiger partial charge in [0.25, 0.3) is 0 Å². The summed E-state index contributed by atoms with van der Waals surface area (Å²) in [5, 5.41) is 0.987. The second kappa shape index (κ2) is 4.72. The number of halogens is 1. The Bertz CT molecular complexity index is 584. The molecule has 0 saturated heterocycles. The summed E-state index contributed by atoms with van der Waals surface area (Å²) in [5.41, 5.74) is 0.505. The van der Waals surface area contributed by atoms with Crippen molar-refractivity contribution in [2.75, 3.05) is 0 Å². The Kier molecular flexibility index (Phi) is 3.43. The minimum absolute atomic E-state index is 0.206. The van der Waals surface area contributed by atoms with Gasteiger partial charge in [-0.1, -0.05) is 0 Å². The van der Waals surface area contributed by atoms with Gasteiger partial charge in [0.2, 0.25) is 0 Å². The lowest BCUT2D eigenvalue weighted by Crippen LogP contribution is -2.26. The Morgan fingerprint density at radius 1 is 1.44 bits per heavy atom. The van der Waals surface area contributed by atoms with Gasteiger partial charge in [0.15, 0.2) is 0 Å². The molecule has 2 aromatic rings. The van der Waals surface area contributed by atoms with Crippen LogP contribution in [0.1, 0.15) is 20.8 Å². The molecule has 0 amide bonds. The molecule has 5 heteroatoms. The zero-order valence-corrected chi connectivity index (χ0v) is 12.2. The van der Waals surface area contributed by atoms with Gasteiger partial charge in [-0.15, -0.1) is 0 Å². The van der Waals surface area contributed by atoms with Crippen LogP contribution >= 0.6 is 15.9 Å². The Morgan fingerprint density at radius 2 is 2.17 bits per heavy atom. The summed E-state index contributed by atoms with van der Waals surface area (Å²) in [4.78, 5) is 15.9. The third kappa shape index (κ3) is 2.90. The molecule has 0 atom stereocenters. The van der Waals surface area contributed by atoms with Crippen LogP contribution in [0.15, 0.2) is 29.1 Å². The van der Waals surface area contributed by atoms with E-state index in [-0.39, 0.29) is 12.5 Å². The third-order valence-electron chi connectivity index (χ3n) is 2.37. The molecule has 0 radical (unpaired) electrons. The van der Waals surface area contributed by atoms with E-state index in [2.05, 4.69) is 20.9 Å². The molecular weight excluding hydrogens is 296 g/mol. The molecule has 2 heterocycles. The fourth-order valence-electron chi connectivity index (χ4n) is 1.74. The van der Waals surface area contributed by atoms with E-state index in [9.17, 15) is 4.79 Å². The number of carbonyl (C=O) groups excluding carboxylic acids is 1. The van der Waals surface area contributed by atoms with Gasteiger partial charge in [-0.25, -0.2) is 4.98 Å². The molecule has 0 aliphatic carbocycles. The van der Waals surface area contributed by atoms with Gasteiger partial charge in [0.05, 0.1) is 5.52 Å². The molecule has 0 N–H and O–H groups in total. The van der Waals surface area contributed by atoms with Gasteiger partial charge in [0, 0.05) is 17.8 Å². The van der Waals surface area contributed by atoms with Crippen molar-refractivity contribution in [2.45, 2.75) is 32.9 Å². The number of esters is 1. The highest BCUT2D eigenvalue weighted by molar-refractivity contribution is 9.10. The maximum absolute atomic E-state index is 11.8. The molecule has 0 aromatic carbocycles. The number of aromatic nitrogens is 2. The fourth-order valence-corrected chi connectivity index (χ4v) is 2.19. The molecule has 0 spiro atoms. The number of ether oxygens (including phenoxy) is 1. The van der Waals surface area contributed by atoms with Gasteiger partial charge in [-0.05, 0) is 48.8 Å². The lowest BCUT2D eigenvalue weighted by Gasteiger charge is -2.19. The monoisotopic (exact) mass is 310 g/mol. The summed E-state index contributed by atoms with van der Waals surface area (Å²) in [7, 11) is 0. The van der Waals surface area contributed by atoms with E-state index in [1.165, 1.54) is 0 Å². The molecule has 18 heavy (non-hydrogen) atoms. The van der Waals surface area contributed by atoms with Crippen molar-refractivity contribution in [1.82, 2.24) is 9.55 Å². The van der Waals surface area contributed by atoms with E-state index >= 15 is 0 Å². The molecule has 0 aliphatic heterocycles. The highest BCUT2D eigenvalue weighted by Crippen LogP contribution is 2.22. The van der Waals surface area contributed by atoms with Gasteiger partial charge >= 0.3 is 5.97 Å². The van der Waals surface area contributed by atoms with Crippen molar-refractivity contribution in [2.24, 2.45) is 0 Å². The van der Waals surface area contributed by atoms with Crippen LogP contribution in [0.2, 0.25) is 0 Å². The molecule has 0 saturated carbocycles. The molecule has 0 bridgehead atoms. The normalized spacial score (nSPS) is 11.8. The maximum Gasteiger partial charge on any atom is 0.326 e. The van der Waals surface area contributed by atoms with Crippen LogP contribution in [0.25, 0.3) is 10.9 Å². The first-order valence-corrected chi connectivity index (χ1v) is 6.47. The van der Waals surface area contributed by atoms with Crippen LogP contribution in [0.5, 0.6) is 0 Å². The van der Waals surface area contributed by atoms with Crippen LogP contribution in [0, 0.1) is 0 Å². The van der Waals surface area contributed by atoms with Crippen LogP contribution in [-0.4, -0.2) is 21.1 Å². The third-order valence-corrected chi connectivity index (χ3v) is 3.00. The van der Waals surface area contributed by atoms with E-state index in [0.717, 1.165) is 15.5 Å². The molecule has 0 aliphatic rings. The molecule has 0 unspecified atom stereocenters. The highest BCUT2D eigenvalue weighted by atomic mass is 79.9. The Balaban J connectivity index is 2.23. The standard InChI is InChI=1S/C13H15BrN2O2/c1-13(2,3)18-11(17)8-16-7-5-9-10(16)4-6-15-12(9)14/h4-7H,8H2,1-3H3. The smallest absolute Gasteiger partial charge is 0.326 e. The Hall–Kier alpha value is -1.36. The number of hydrogen-bond acceptors (Lipinski definition) is 3. The fraction of sp³-hybridized carbons (Fsp3) is 0.385. The average molecular weight is 311 g/mol. The Labute approximate surface area is 114 Å². The predicted octanol–water partition coefficient (Wildman–Crippen LogP) is 3.14. The lowest BCUT2D eigenvalue weighted by atomic mass is 10.2. The second-order valence-corrected chi connectivity index (χ2v) is 5.82. The van der Waals surface area contributed by atoms with Crippen LogP contribution in [0.3, 0.4) is 0 Å². The number of carbonyl (C=O) groups is 1. The first-order chi connectivity index (χ1) is 8.37. The largest absolute Gasteiger partial charge is 0.459 e. The molecule has 96 valence electrons. The van der Waals surface area contributed by atoms with Gasteiger partial charge < -0.3 is 9.30 Å². The first-order valence-electron chi connectivity index (χ1n) is 5.68. The van der Waals surface area contributed by atoms with E-state index in [1.54, 1.807) is 6.20 Å². The van der Waals surface area contributed by atoms with Crippen molar-refractivity contribution in [3.05, 3.63) is 29.1 Å². The summed E-state index contributed by atoms with van der Waals surface area (Å²) >= 11 is 3.38. The summed E-state index contributed by atoms with van der Waals surface area (Å²) in [6.07, 6.45) is 3.57. The summed E-state index contributed by atoms with van der Waals surface area (Å²) in [5.74, 6) is -0.243. The summed E-state index contributed by atoms with van der Waals surface area (Å²) < 4.78 is 7.94. The summed E-state index contributed by atoms with van der Waals surface area (Å²) in [6, 6.07) is 3.81. The number of nitrogens with zero attached hydrogens (tertiary/aromatic N) is 2. The second-order valence-electron chi connectivity index (χ2n) is 5.06. The van der Waals surface area contributed by atoms with Crippen LogP contribution < -0.4 is 0 Å². The van der Waals surface area contributed by atoms with E-state index in [4.69, 9.17) is 4.74 Å². The molecule has 0 fully saturated rings. The van der Waals surface area contributed by atoms with Gasteiger partial charge in [-0.2, -0.15) is 0 Å². The SMILES string of the molecule is CC(C)(C)OC(=O)Cn1ccc2c(Br)nccc21. The van der Waals surface area contributed by atoms with E-state index in [0.29, 0.717) is 0 Å². The van der Waals surface area contributed by atoms with Gasteiger partial charge in [0.1, 0.15) is 16.7 Å². The van der Waals surface area contributed by atoms with Crippen molar-refractivity contribution >= 4 is 32.8 Å².